The minimum absolute atomic E-state index is 0.0105. The predicted molar refractivity (Wildman–Crippen MR) is 104 cm³/mol. The number of aromatic nitrogens is 2. The summed E-state index contributed by atoms with van der Waals surface area (Å²) in [5.74, 6) is -1.18. The highest BCUT2D eigenvalue weighted by Gasteiger charge is 2.23. The monoisotopic (exact) mass is 396 g/mol. The number of hydrogen-bond donors (Lipinski definition) is 2. The molecule has 8 heteroatoms. The van der Waals surface area contributed by atoms with E-state index in [1.165, 1.54) is 6.07 Å². The van der Waals surface area contributed by atoms with Crippen LogP contribution in [0.3, 0.4) is 0 Å². The molecular weight excluding hydrogens is 375 g/mol. The average Bonchev–Trinajstić information content (AvgIpc) is 3.39. The minimum Gasteiger partial charge on any atom is -0.376 e. The quantitative estimate of drug-likeness (QED) is 0.670. The summed E-state index contributed by atoms with van der Waals surface area (Å²) in [5.41, 5.74) is 1.06. The van der Waals surface area contributed by atoms with Crippen LogP contribution in [0.2, 0.25) is 0 Å². The lowest BCUT2D eigenvalue weighted by Crippen LogP contribution is -2.32. The van der Waals surface area contributed by atoms with E-state index in [0.717, 1.165) is 12.8 Å². The van der Waals surface area contributed by atoms with Crippen molar-refractivity contribution in [3.05, 3.63) is 71.6 Å². The third kappa shape index (κ3) is 4.12. The van der Waals surface area contributed by atoms with Crippen LogP contribution >= 0.6 is 0 Å². The van der Waals surface area contributed by atoms with Crippen LogP contribution in [-0.2, 0) is 11.3 Å². The van der Waals surface area contributed by atoms with Crippen molar-refractivity contribution >= 4 is 17.3 Å². The zero-order valence-corrected chi connectivity index (χ0v) is 15.7. The third-order valence-electron chi connectivity index (χ3n) is 4.88. The van der Waals surface area contributed by atoms with Crippen molar-refractivity contribution in [1.29, 1.82) is 0 Å². The molecule has 2 amide bonds. The number of fused-ring (bicyclic) bond motifs is 1. The summed E-state index contributed by atoms with van der Waals surface area (Å²) in [5, 5.41) is 5.49. The number of rotatable bonds is 6. The first kappa shape index (κ1) is 19.1. The van der Waals surface area contributed by atoms with Crippen molar-refractivity contribution in [3.63, 3.8) is 0 Å². The lowest BCUT2D eigenvalue weighted by atomic mass is 10.2. The van der Waals surface area contributed by atoms with Crippen LogP contribution in [0.1, 0.15) is 39.5 Å². The van der Waals surface area contributed by atoms with E-state index >= 15 is 0 Å². The van der Waals surface area contributed by atoms with Gasteiger partial charge in [0.2, 0.25) is 5.82 Å². The second-order valence-electron chi connectivity index (χ2n) is 6.86. The molecule has 3 aromatic rings. The van der Waals surface area contributed by atoms with Gasteiger partial charge in [-0.1, -0.05) is 24.3 Å². The molecule has 0 spiro atoms. The van der Waals surface area contributed by atoms with E-state index in [4.69, 9.17) is 4.74 Å². The Morgan fingerprint density at radius 2 is 1.97 bits per heavy atom. The first-order valence-corrected chi connectivity index (χ1v) is 9.52. The van der Waals surface area contributed by atoms with Crippen molar-refractivity contribution in [2.45, 2.75) is 25.5 Å². The molecule has 4 rings (SSSR count). The van der Waals surface area contributed by atoms with Gasteiger partial charge in [-0.2, -0.15) is 0 Å². The summed E-state index contributed by atoms with van der Waals surface area (Å²) in [4.78, 5) is 29.6. The summed E-state index contributed by atoms with van der Waals surface area (Å²) >= 11 is 0. The summed E-state index contributed by atoms with van der Waals surface area (Å²) in [6.07, 6.45) is 3.57. The van der Waals surface area contributed by atoms with Gasteiger partial charge in [0.15, 0.2) is 5.69 Å². The zero-order valence-electron chi connectivity index (χ0n) is 15.7. The van der Waals surface area contributed by atoms with Crippen LogP contribution in [0.15, 0.2) is 48.7 Å². The molecule has 1 aliphatic heterocycles. The Balaban J connectivity index is 1.52. The van der Waals surface area contributed by atoms with Gasteiger partial charge >= 0.3 is 0 Å². The third-order valence-corrected chi connectivity index (χ3v) is 4.88. The molecule has 3 heterocycles. The number of pyridine rings is 1. The highest BCUT2D eigenvalue weighted by Crippen LogP contribution is 2.15. The van der Waals surface area contributed by atoms with Crippen LogP contribution in [0.5, 0.6) is 0 Å². The second kappa shape index (κ2) is 8.40. The molecule has 1 saturated heterocycles. The fraction of sp³-hybridized carbons (Fsp3) is 0.286. The number of halogens is 1. The largest absolute Gasteiger partial charge is 0.376 e. The lowest BCUT2D eigenvalue weighted by molar-refractivity contribution is 0.0855. The van der Waals surface area contributed by atoms with Gasteiger partial charge in [0.05, 0.1) is 11.6 Å². The number of nitrogens with zero attached hydrogens (tertiary/aromatic N) is 2. The predicted octanol–water partition coefficient (Wildman–Crippen LogP) is 2.31. The van der Waals surface area contributed by atoms with E-state index < -0.39 is 11.7 Å². The molecule has 2 aromatic heterocycles. The van der Waals surface area contributed by atoms with Gasteiger partial charge in [-0.05, 0) is 31.0 Å². The van der Waals surface area contributed by atoms with E-state index in [9.17, 15) is 14.0 Å². The number of carbonyl (C=O) groups excluding carboxylic acids is 2. The number of hydrogen-bond acceptors (Lipinski definition) is 4. The minimum atomic E-state index is -0.493. The Kier molecular flexibility index (Phi) is 5.53. The molecule has 29 heavy (non-hydrogen) atoms. The fourth-order valence-corrected chi connectivity index (χ4v) is 3.36. The van der Waals surface area contributed by atoms with E-state index in [0.29, 0.717) is 24.2 Å². The van der Waals surface area contributed by atoms with Crippen LogP contribution in [0.25, 0.3) is 5.52 Å². The molecule has 0 saturated carbocycles. The summed E-state index contributed by atoms with van der Waals surface area (Å²) in [6, 6.07) is 11.5. The van der Waals surface area contributed by atoms with Gasteiger partial charge in [-0.15, -0.1) is 0 Å². The Morgan fingerprint density at radius 1 is 1.14 bits per heavy atom. The Bertz CT molecular complexity index is 1040. The smallest absolute Gasteiger partial charge is 0.287 e. The van der Waals surface area contributed by atoms with Crippen molar-refractivity contribution in [2.24, 2.45) is 0 Å². The van der Waals surface area contributed by atoms with Crippen molar-refractivity contribution in [1.82, 2.24) is 20.0 Å². The van der Waals surface area contributed by atoms with E-state index in [2.05, 4.69) is 15.6 Å². The molecule has 1 atom stereocenters. The molecule has 0 aliphatic carbocycles. The van der Waals surface area contributed by atoms with E-state index in [-0.39, 0.29) is 30.1 Å². The molecule has 150 valence electrons. The zero-order chi connectivity index (χ0) is 20.2. The molecule has 1 aliphatic rings. The maximum absolute atomic E-state index is 13.8. The van der Waals surface area contributed by atoms with Gasteiger partial charge in [0.25, 0.3) is 11.8 Å². The maximum atomic E-state index is 13.8. The molecule has 2 N–H and O–H groups in total. The molecule has 0 bridgehead atoms. The SMILES string of the molecule is O=C(NCC1CCCO1)c1nc(C(=O)NCc2ccccc2F)n2ccccc12. The number of amides is 2. The number of carbonyl (C=O) groups is 2. The van der Waals surface area contributed by atoms with Crippen molar-refractivity contribution in [3.8, 4) is 0 Å². The van der Waals surface area contributed by atoms with Crippen molar-refractivity contribution in [2.75, 3.05) is 13.2 Å². The van der Waals surface area contributed by atoms with Gasteiger partial charge in [-0.25, -0.2) is 9.37 Å². The highest BCUT2D eigenvalue weighted by molar-refractivity contribution is 6.02. The van der Waals surface area contributed by atoms with Crippen molar-refractivity contribution < 1.29 is 18.7 Å². The molecule has 0 radical (unpaired) electrons. The summed E-state index contributed by atoms with van der Waals surface area (Å²) < 4.78 is 20.9. The number of ether oxygens (including phenoxy) is 1. The lowest BCUT2D eigenvalue weighted by Gasteiger charge is -2.09. The normalized spacial score (nSPS) is 16.1. The Labute approximate surface area is 166 Å². The second-order valence-corrected chi connectivity index (χ2v) is 6.86. The summed E-state index contributed by atoms with van der Waals surface area (Å²) in [6.45, 7) is 1.13. The molecule has 1 unspecified atom stereocenters. The molecule has 1 aromatic carbocycles. The highest BCUT2D eigenvalue weighted by atomic mass is 19.1. The first-order valence-electron chi connectivity index (χ1n) is 9.52. The summed E-state index contributed by atoms with van der Waals surface area (Å²) in [7, 11) is 0. The maximum Gasteiger partial charge on any atom is 0.287 e. The van der Waals surface area contributed by atoms with Crippen LogP contribution in [0, 0.1) is 5.82 Å². The Hall–Kier alpha value is -3.26. The molecule has 7 nitrogen and oxygen atoms in total. The van der Waals surface area contributed by atoms with Gasteiger partial charge in [-0.3, -0.25) is 14.0 Å². The van der Waals surface area contributed by atoms with E-state index in [1.807, 2.05) is 0 Å². The van der Waals surface area contributed by atoms with Gasteiger partial charge < -0.3 is 15.4 Å². The number of imidazole rings is 1. The topological polar surface area (TPSA) is 84.7 Å². The standard InChI is InChI=1S/C21H21FN4O3/c22-16-8-2-1-6-14(16)12-23-21(28)19-25-18(17-9-3-4-10-26(17)19)20(27)24-13-15-7-5-11-29-15/h1-4,6,8-10,15H,5,7,11-13H2,(H,23,28)(H,24,27). The molecular formula is C21H21FN4O3. The van der Waals surface area contributed by atoms with Crippen LogP contribution < -0.4 is 10.6 Å². The van der Waals surface area contributed by atoms with E-state index in [1.54, 1.807) is 47.0 Å². The van der Waals surface area contributed by atoms with Crippen LogP contribution in [-0.4, -0.2) is 40.5 Å². The van der Waals surface area contributed by atoms with Gasteiger partial charge in [0, 0.05) is 31.5 Å². The van der Waals surface area contributed by atoms with Crippen LogP contribution in [0.4, 0.5) is 4.39 Å². The van der Waals surface area contributed by atoms with Gasteiger partial charge in [0.1, 0.15) is 5.82 Å². The average molecular weight is 396 g/mol. The number of nitrogens with one attached hydrogen (secondary N) is 2. The Morgan fingerprint density at radius 3 is 2.76 bits per heavy atom. The number of benzene rings is 1. The first-order chi connectivity index (χ1) is 14.1. The molecule has 1 fully saturated rings. The fourth-order valence-electron chi connectivity index (χ4n) is 3.36.